The fourth-order valence-corrected chi connectivity index (χ4v) is 2.16. The van der Waals surface area contributed by atoms with Crippen molar-refractivity contribution in [2.45, 2.75) is 25.9 Å². The summed E-state index contributed by atoms with van der Waals surface area (Å²) in [4.78, 5) is 25.4. The lowest BCUT2D eigenvalue weighted by Crippen LogP contribution is -2.38. The Kier molecular flexibility index (Phi) is 7.36. The van der Waals surface area contributed by atoms with Crippen LogP contribution in [0.5, 0.6) is 5.75 Å². The first kappa shape index (κ1) is 18.8. The average molecular weight is 339 g/mol. The number of amides is 1. The molecule has 0 aromatic heterocycles. The van der Waals surface area contributed by atoms with Crippen molar-refractivity contribution in [1.82, 2.24) is 4.90 Å². The van der Waals surface area contributed by atoms with E-state index in [1.165, 1.54) is 18.9 Å². The highest BCUT2D eigenvalue weighted by atomic mass is 35.5. The molecule has 0 bridgehead atoms. The van der Waals surface area contributed by atoms with Gasteiger partial charge < -0.3 is 14.4 Å². The molecule has 23 heavy (non-hydrogen) atoms. The van der Waals surface area contributed by atoms with Gasteiger partial charge in [0.25, 0.3) is 5.91 Å². The van der Waals surface area contributed by atoms with Crippen molar-refractivity contribution in [2.75, 3.05) is 20.7 Å². The summed E-state index contributed by atoms with van der Waals surface area (Å²) < 4.78 is 10.3. The van der Waals surface area contributed by atoms with E-state index in [-0.39, 0.29) is 18.7 Å². The Balaban J connectivity index is 2.64. The molecule has 124 valence electrons. The number of carbonyl (C=O) groups excluding carboxylic acids is 2. The van der Waals surface area contributed by atoms with E-state index in [0.717, 1.165) is 0 Å². The van der Waals surface area contributed by atoms with E-state index in [1.54, 1.807) is 25.2 Å². The monoisotopic (exact) mass is 338 g/mol. The first-order valence-electron chi connectivity index (χ1n) is 7.02. The number of hydrogen-bond acceptors (Lipinski definition) is 5. The summed E-state index contributed by atoms with van der Waals surface area (Å²) in [7, 11) is 3.05. The molecule has 1 aromatic carbocycles. The molecule has 0 N–H and O–H groups in total. The number of nitrogens with zero attached hydrogens (tertiary/aromatic N) is 2. The number of benzene rings is 1. The molecule has 0 aliphatic heterocycles. The molecule has 0 unspecified atom stereocenters. The molecule has 0 saturated carbocycles. The van der Waals surface area contributed by atoms with Gasteiger partial charge in [-0.15, -0.1) is 0 Å². The van der Waals surface area contributed by atoms with Crippen molar-refractivity contribution in [2.24, 2.45) is 0 Å². The molecule has 0 fully saturated rings. The summed E-state index contributed by atoms with van der Waals surface area (Å²) >= 11 is 5.91. The molecule has 6 nitrogen and oxygen atoms in total. The highest BCUT2D eigenvalue weighted by Gasteiger charge is 2.22. The van der Waals surface area contributed by atoms with Crippen molar-refractivity contribution < 1.29 is 19.1 Å². The second-order valence-corrected chi connectivity index (χ2v) is 5.37. The minimum absolute atomic E-state index is 0.0523. The maximum Gasteiger partial charge on any atom is 0.311 e. The van der Waals surface area contributed by atoms with Crippen LogP contribution in [0.1, 0.15) is 18.9 Å². The number of rotatable bonds is 7. The Morgan fingerprint density at radius 3 is 2.74 bits per heavy atom. The summed E-state index contributed by atoms with van der Waals surface area (Å²) in [6.07, 6.45) is -0.748. The van der Waals surface area contributed by atoms with Gasteiger partial charge in [0.2, 0.25) is 0 Å². The van der Waals surface area contributed by atoms with E-state index in [0.29, 0.717) is 22.9 Å². The molecule has 0 radical (unpaired) electrons. The molecular formula is C16H19ClN2O4. The van der Waals surface area contributed by atoms with Gasteiger partial charge in [0.15, 0.2) is 6.10 Å². The van der Waals surface area contributed by atoms with Crippen LogP contribution in [-0.2, 0) is 20.7 Å². The highest BCUT2D eigenvalue weighted by molar-refractivity contribution is 6.30. The van der Waals surface area contributed by atoms with Gasteiger partial charge in [0.05, 0.1) is 26.0 Å². The van der Waals surface area contributed by atoms with Gasteiger partial charge in [-0.1, -0.05) is 11.6 Å². The van der Waals surface area contributed by atoms with Gasteiger partial charge in [-0.2, -0.15) is 5.26 Å². The smallest absolute Gasteiger partial charge is 0.311 e. The lowest BCUT2D eigenvalue weighted by Gasteiger charge is -2.20. The van der Waals surface area contributed by atoms with Crippen LogP contribution in [0.25, 0.3) is 0 Å². The van der Waals surface area contributed by atoms with Crippen LogP contribution in [0.4, 0.5) is 0 Å². The van der Waals surface area contributed by atoms with E-state index in [2.05, 4.69) is 0 Å². The van der Waals surface area contributed by atoms with Crippen LogP contribution in [0.3, 0.4) is 0 Å². The van der Waals surface area contributed by atoms with Crippen LogP contribution >= 0.6 is 11.6 Å². The topological polar surface area (TPSA) is 79.6 Å². The largest absolute Gasteiger partial charge is 0.496 e. The zero-order chi connectivity index (χ0) is 17.4. The standard InChI is InChI=1S/C16H19ClN2O4/c1-11(16(21)19(2)8-4-7-18)23-15(20)10-12-9-13(17)5-6-14(12)22-3/h5-6,9,11H,4,8,10H2,1-3H3/t11-/m0/s1. The fourth-order valence-electron chi connectivity index (χ4n) is 1.97. The van der Waals surface area contributed by atoms with E-state index >= 15 is 0 Å². The normalized spacial score (nSPS) is 11.3. The first-order valence-corrected chi connectivity index (χ1v) is 7.40. The number of hydrogen-bond donors (Lipinski definition) is 0. The average Bonchev–Trinajstić information content (AvgIpc) is 2.51. The maximum atomic E-state index is 12.0. The summed E-state index contributed by atoms with van der Waals surface area (Å²) in [6.45, 7) is 1.79. The van der Waals surface area contributed by atoms with Crippen LogP contribution in [0, 0.1) is 11.3 Å². The van der Waals surface area contributed by atoms with Gasteiger partial charge in [-0.25, -0.2) is 0 Å². The Bertz CT molecular complexity index is 613. The number of halogens is 1. The molecule has 1 rings (SSSR count). The van der Waals surface area contributed by atoms with Gasteiger partial charge in [0, 0.05) is 24.2 Å². The molecule has 0 heterocycles. The Labute approximate surface area is 140 Å². The van der Waals surface area contributed by atoms with E-state index in [1.807, 2.05) is 6.07 Å². The highest BCUT2D eigenvalue weighted by Crippen LogP contribution is 2.23. The predicted molar refractivity (Wildman–Crippen MR) is 85.1 cm³/mol. The number of likely N-dealkylation sites (N-methyl/N-ethyl adjacent to an activating group) is 1. The van der Waals surface area contributed by atoms with Crippen LogP contribution in [0.15, 0.2) is 18.2 Å². The fraction of sp³-hybridized carbons (Fsp3) is 0.438. The Morgan fingerprint density at radius 1 is 1.43 bits per heavy atom. The van der Waals surface area contributed by atoms with Crippen LogP contribution < -0.4 is 4.74 Å². The molecule has 1 atom stereocenters. The molecular weight excluding hydrogens is 320 g/mol. The van der Waals surface area contributed by atoms with Crippen molar-refractivity contribution in [3.05, 3.63) is 28.8 Å². The number of nitriles is 1. The third kappa shape index (κ3) is 5.80. The van der Waals surface area contributed by atoms with E-state index < -0.39 is 12.1 Å². The molecule has 1 amide bonds. The summed E-state index contributed by atoms with van der Waals surface area (Å²) in [6, 6.07) is 6.89. The lowest BCUT2D eigenvalue weighted by molar-refractivity contribution is -0.157. The van der Waals surface area contributed by atoms with Gasteiger partial charge in [-0.05, 0) is 25.1 Å². The van der Waals surface area contributed by atoms with Crippen molar-refractivity contribution in [3.8, 4) is 11.8 Å². The minimum atomic E-state index is -0.920. The number of carbonyl (C=O) groups is 2. The van der Waals surface area contributed by atoms with Crippen molar-refractivity contribution in [1.29, 1.82) is 5.26 Å². The van der Waals surface area contributed by atoms with E-state index in [9.17, 15) is 9.59 Å². The second-order valence-electron chi connectivity index (χ2n) is 4.93. The molecule has 7 heteroatoms. The molecule has 1 aromatic rings. The maximum absolute atomic E-state index is 12.0. The number of esters is 1. The Morgan fingerprint density at radius 2 is 2.13 bits per heavy atom. The molecule has 0 aliphatic rings. The molecule has 0 spiro atoms. The van der Waals surface area contributed by atoms with Crippen molar-refractivity contribution >= 4 is 23.5 Å². The SMILES string of the molecule is COc1ccc(Cl)cc1CC(=O)O[C@@H](C)C(=O)N(C)CCC#N. The third-order valence-corrected chi connectivity index (χ3v) is 3.40. The third-order valence-electron chi connectivity index (χ3n) is 3.17. The van der Waals surface area contributed by atoms with Gasteiger partial charge >= 0.3 is 5.97 Å². The molecule has 0 saturated heterocycles. The summed E-state index contributed by atoms with van der Waals surface area (Å²) in [5.41, 5.74) is 0.586. The van der Waals surface area contributed by atoms with Crippen LogP contribution in [-0.4, -0.2) is 43.6 Å². The molecule has 0 aliphatic carbocycles. The predicted octanol–water partition coefficient (Wildman–Crippen LogP) is 2.19. The summed E-state index contributed by atoms with van der Waals surface area (Å²) in [5, 5.41) is 9.00. The van der Waals surface area contributed by atoms with Gasteiger partial charge in [-0.3, -0.25) is 9.59 Å². The zero-order valence-electron chi connectivity index (χ0n) is 13.3. The lowest BCUT2D eigenvalue weighted by atomic mass is 10.1. The van der Waals surface area contributed by atoms with Gasteiger partial charge in [0.1, 0.15) is 5.75 Å². The Hall–Kier alpha value is -2.26. The number of ether oxygens (including phenoxy) is 2. The summed E-state index contributed by atoms with van der Waals surface area (Å²) in [5.74, 6) is -0.386. The quantitative estimate of drug-likeness (QED) is 0.712. The van der Waals surface area contributed by atoms with Crippen LogP contribution in [0.2, 0.25) is 5.02 Å². The first-order chi connectivity index (χ1) is 10.9. The van der Waals surface area contributed by atoms with E-state index in [4.69, 9.17) is 26.3 Å². The van der Waals surface area contributed by atoms with Crippen molar-refractivity contribution in [3.63, 3.8) is 0 Å². The zero-order valence-corrected chi connectivity index (χ0v) is 14.1. The number of methoxy groups -OCH3 is 1. The second kappa shape index (κ2) is 9.01. The minimum Gasteiger partial charge on any atom is -0.496 e.